The number of carbonyl (C=O) groups excluding carboxylic acids is 1. The van der Waals surface area contributed by atoms with Crippen molar-refractivity contribution in [1.82, 2.24) is 0 Å². The number of carbonyl (C=O) groups is 1. The first-order chi connectivity index (χ1) is 9.11. The van der Waals surface area contributed by atoms with E-state index in [4.69, 9.17) is 4.74 Å². The predicted molar refractivity (Wildman–Crippen MR) is 65.0 cm³/mol. The highest BCUT2D eigenvalue weighted by Crippen LogP contribution is 2.29. The fraction of sp³-hybridized carbons (Fsp3) is 0. The summed E-state index contributed by atoms with van der Waals surface area (Å²) in [7, 11) is 0. The minimum atomic E-state index is -0.902. The van der Waals surface area contributed by atoms with Gasteiger partial charge in [0.1, 0.15) is 5.75 Å². The lowest BCUT2D eigenvalue weighted by atomic mass is 10.2. The molecule has 6 heteroatoms. The van der Waals surface area contributed by atoms with Crippen molar-refractivity contribution in [3.8, 4) is 11.5 Å². The van der Waals surface area contributed by atoms with Gasteiger partial charge >= 0.3 is 0 Å². The van der Waals surface area contributed by atoms with Gasteiger partial charge in [0.25, 0.3) is 5.69 Å². The van der Waals surface area contributed by atoms with Crippen LogP contribution in [0.1, 0.15) is 10.4 Å². The Kier molecular flexibility index (Phi) is 3.51. The lowest BCUT2D eigenvalue weighted by Crippen LogP contribution is -1.98. The van der Waals surface area contributed by atoms with Crippen molar-refractivity contribution in [3.63, 3.8) is 0 Å². The molecule has 0 aliphatic carbocycles. The number of ether oxygens (including phenoxy) is 1. The van der Waals surface area contributed by atoms with E-state index in [1.807, 2.05) is 0 Å². The van der Waals surface area contributed by atoms with Crippen LogP contribution < -0.4 is 4.74 Å². The highest BCUT2D eigenvalue weighted by atomic mass is 19.1. The van der Waals surface area contributed by atoms with E-state index in [1.165, 1.54) is 0 Å². The molecule has 0 saturated carbocycles. The molecule has 5 nitrogen and oxygen atoms in total. The highest BCUT2D eigenvalue weighted by Gasteiger charge is 2.19. The number of hydrogen-bond donors (Lipinski definition) is 0. The van der Waals surface area contributed by atoms with Crippen LogP contribution in [0.15, 0.2) is 42.5 Å². The van der Waals surface area contributed by atoms with Crippen molar-refractivity contribution in [2.24, 2.45) is 0 Å². The average Bonchev–Trinajstić information content (AvgIpc) is 2.41. The largest absolute Gasteiger partial charge is 0.454 e. The molecule has 0 aliphatic rings. The smallest absolute Gasteiger partial charge is 0.283 e. The van der Waals surface area contributed by atoms with E-state index in [1.54, 1.807) is 30.3 Å². The van der Waals surface area contributed by atoms with Crippen LogP contribution in [0.4, 0.5) is 10.1 Å². The summed E-state index contributed by atoms with van der Waals surface area (Å²) in [5.41, 5.74) is -0.828. The predicted octanol–water partition coefficient (Wildman–Crippen LogP) is 3.34. The second-order valence-electron chi connectivity index (χ2n) is 3.63. The summed E-state index contributed by atoms with van der Waals surface area (Å²) in [6.45, 7) is 0. The van der Waals surface area contributed by atoms with Gasteiger partial charge < -0.3 is 4.74 Å². The van der Waals surface area contributed by atoms with Crippen molar-refractivity contribution in [3.05, 3.63) is 64.0 Å². The molecule has 19 heavy (non-hydrogen) atoms. The molecule has 0 unspecified atom stereocenters. The molecule has 2 aromatic rings. The first-order valence-corrected chi connectivity index (χ1v) is 5.28. The Morgan fingerprint density at radius 2 is 1.89 bits per heavy atom. The third-order valence-electron chi connectivity index (χ3n) is 2.38. The van der Waals surface area contributed by atoms with Crippen LogP contribution in [0.3, 0.4) is 0 Å². The van der Waals surface area contributed by atoms with Crippen LogP contribution in [0, 0.1) is 15.9 Å². The zero-order valence-corrected chi connectivity index (χ0v) is 9.58. The zero-order chi connectivity index (χ0) is 13.8. The van der Waals surface area contributed by atoms with Gasteiger partial charge in [-0.2, -0.15) is 0 Å². The van der Waals surface area contributed by atoms with Gasteiger partial charge in [-0.25, -0.2) is 4.39 Å². The number of nitrogens with zero attached hydrogens (tertiary/aromatic N) is 1. The van der Waals surface area contributed by atoms with Crippen LogP contribution >= 0.6 is 0 Å². The SMILES string of the molecule is O=Cc1cc(Oc2ccccc2)c(F)cc1[N+](=O)[O-]. The Bertz CT molecular complexity index is 628. The summed E-state index contributed by atoms with van der Waals surface area (Å²) in [6.07, 6.45) is 0.287. The molecule has 0 amide bonds. The third-order valence-corrected chi connectivity index (χ3v) is 2.38. The van der Waals surface area contributed by atoms with E-state index in [0.717, 1.165) is 6.07 Å². The molecule has 0 aliphatic heterocycles. The van der Waals surface area contributed by atoms with Crippen LogP contribution in [0.25, 0.3) is 0 Å². The van der Waals surface area contributed by atoms with Gasteiger partial charge in [-0.15, -0.1) is 0 Å². The summed E-state index contributed by atoms with van der Waals surface area (Å²) in [5, 5.41) is 10.6. The second kappa shape index (κ2) is 5.26. The zero-order valence-electron chi connectivity index (χ0n) is 9.58. The Balaban J connectivity index is 2.42. The fourth-order valence-electron chi connectivity index (χ4n) is 1.50. The number of nitro benzene ring substituents is 1. The summed E-state index contributed by atoms with van der Waals surface area (Å²) in [6, 6.07) is 10.0. The maximum absolute atomic E-state index is 13.7. The number of aldehydes is 1. The van der Waals surface area contributed by atoms with E-state index in [9.17, 15) is 19.3 Å². The summed E-state index contributed by atoms with van der Waals surface area (Å²) < 4.78 is 18.9. The van der Waals surface area contributed by atoms with E-state index >= 15 is 0 Å². The Morgan fingerprint density at radius 3 is 2.47 bits per heavy atom. The summed E-state index contributed by atoms with van der Waals surface area (Å²) >= 11 is 0. The van der Waals surface area contributed by atoms with Crippen molar-refractivity contribution in [2.75, 3.05) is 0 Å². The van der Waals surface area contributed by atoms with Crippen molar-refractivity contribution < 1.29 is 18.8 Å². The number of para-hydroxylation sites is 1. The highest BCUT2D eigenvalue weighted by molar-refractivity contribution is 5.82. The third kappa shape index (κ3) is 2.74. The van der Waals surface area contributed by atoms with E-state index < -0.39 is 16.4 Å². The van der Waals surface area contributed by atoms with Gasteiger partial charge in [-0.05, 0) is 12.1 Å². The number of nitro groups is 1. The lowest BCUT2D eigenvalue weighted by Gasteiger charge is -2.07. The number of hydrogen-bond acceptors (Lipinski definition) is 4. The Morgan fingerprint density at radius 1 is 1.21 bits per heavy atom. The lowest BCUT2D eigenvalue weighted by molar-refractivity contribution is -0.385. The van der Waals surface area contributed by atoms with Gasteiger partial charge in [-0.1, -0.05) is 18.2 Å². The number of benzene rings is 2. The molecule has 2 aromatic carbocycles. The molecule has 0 bridgehead atoms. The van der Waals surface area contributed by atoms with Gasteiger partial charge in [0.2, 0.25) is 0 Å². The molecule has 0 fully saturated rings. The molecule has 96 valence electrons. The first kappa shape index (κ1) is 12.7. The molecule has 0 heterocycles. The topological polar surface area (TPSA) is 69.4 Å². The minimum absolute atomic E-state index is 0.237. The number of rotatable bonds is 4. The van der Waals surface area contributed by atoms with Crippen LogP contribution in [0.2, 0.25) is 0 Å². The van der Waals surface area contributed by atoms with E-state index in [-0.39, 0.29) is 17.6 Å². The van der Waals surface area contributed by atoms with Crippen LogP contribution in [-0.2, 0) is 0 Å². The molecular formula is C13H8FNO4. The molecule has 0 atom stereocenters. The maximum atomic E-state index is 13.7. The molecule has 0 N–H and O–H groups in total. The molecule has 0 spiro atoms. The molecule has 0 saturated heterocycles. The fourth-order valence-corrected chi connectivity index (χ4v) is 1.50. The Hall–Kier alpha value is -2.76. The van der Waals surface area contributed by atoms with Gasteiger partial charge in [-0.3, -0.25) is 14.9 Å². The quantitative estimate of drug-likeness (QED) is 0.480. The van der Waals surface area contributed by atoms with E-state index in [0.29, 0.717) is 11.8 Å². The van der Waals surface area contributed by atoms with Gasteiger partial charge in [0.05, 0.1) is 16.6 Å². The molecule has 0 radical (unpaired) electrons. The summed E-state index contributed by atoms with van der Waals surface area (Å²) in [5.74, 6) is -0.771. The minimum Gasteiger partial charge on any atom is -0.454 e. The van der Waals surface area contributed by atoms with Crippen molar-refractivity contribution in [2.45, 2.75) is 0 Å². The van der Waals surface area contributed by atoms with Crippen LogP contribution in [0.5, 0.6) is 11.5 Å². The maximum Gasteiger partial charge on any atom is 0.283 e. The van der Waals surface area contributed by atoms with Gasteiger partial charge in [0.15, 0.2) is 17.9 Å². The average molecular weight is 261 g/mol. The first-order valence-electron chi connectivity index (χ1n) is 5.28. The number of halogens is 1. The second-order valence-corrected chi connectivity index (χ2v) is 3.63. The summed E-state index contributed by atoms with van der Waals surface area (Å²) in [4.78, 5) is 20.6. The molecule has 2 rings (SSSR count). The Labute approximate surface area is 107 Å². The van der Waals surface area contributed by atoms with Crippen molar-refractivity contribution in [1.29, 1.82) is 0 Å². The van der Waals surface area contributed by atoms with E-state index in [2.05, 4.69) is 0 Å². The van der Waals surface area contributed by atoms with Crippen LogP contribution in [-0.4, -0.2) is 11.2 Å². The standard InChI is InChI=1S/C13H8FNO4/c14-11-7-12(15(17)18)9(8-16)6-13(11)19-10-4-2-1-3-5-10/h1-8H. The monoisotopic (exact) mass is 261 g/mol. The molecule has 0 aromatic heterocycles. The van der Waals surface area contributed by atoms with Gasteiger partial charge in [0, 0.05) is 6.07 Å². The molecular weight excluding hydrogens is 253 g/mol. The normalized spacial score (nSPS) is 9.95. The van der Waals surface area contributed by atoms with Crippen molar-refractivity contribution >= 4 is 12.0 Å².